The molecule has 0 spiro atoms. The Morgan fingerprint density at radius 2 is 2.05 bits per heavy atom. The van der Waals surface area contributed by atoms with Crippen LogP contribution >= 0.6 is 0 Å². The lowest BCUT2D eigenvalue weighted by molar-refractivity contribution is -0.384. The van der Waals surface area contributed by atoms with Crippen molar-refractivity contribution < 1.29 is 9.66 Å². The first-order chi connectivity index (χ1) is 9.60. The minimum atomic E-state index is -0.438. The molecule has 5 nitrogen and oxygen atoms in total. The molecular formula is C15H16N2O3. The van der Waals surface area contributed by atoms with E-state index in [1.54, 1.807) is 6.07 Å². The highest BCUT2D eigenvalue weighted by molar-refractivity contribution is 5.60. The summed E-state index contributed by atoms with van der Waals surface area (Å²) in [6.07, 6.45) is 0. The van der Waals surface area contributed by atoms with Gasteiger partial charge in [-0.2, -0.15) is 0 Å². The number of benzene rings is 2. The molecule has 0 aromatic heterocycles. The molecule has 0 aliphatic heterocycles. The van der Waals surface area contributed by atoms with Gasteiger partial charge in [-0.25, -0.2) is 0 Å². The molecule has 0 atom stereocenters. The van der Waals surface area contributed by atoms with Crippen LogP contribution in [0.5, 0.6) is 5.75 Å². The molecule has 2 aromatic carbocycles. The first kappa shape index (κ1) is 13.9. The predicted octanol–water partition coefficient (Wildman–Crippen LogP) is 3.52. The summed E-state index contributed by atoms with van der Waals surface area (Å²) < 4.78 is 5.18. The third-order valence-electron chi connectivity index (χ3n) is 2.96. The maximum absolute atomic E-state index is 10.7. The summed E-state index contributed by atoms with van der Waals surface area (Å²) >= 11 is 0. The van der Waals surface area contributed by atoms with Gasteiger partial charge in [-0.15, -0.1) is 0 Å². The van der Waals surface area contributed by atoms with E-state index in [4.69, 9.17) is 4.74 Å². The smallest absolute Gasteiger partial charge is 0.273 e. The van der Waals surface area contributed by atoms with Crippen molar-refractivity contribution in [2.24, 2.45) is 0 Å². The summed E-state index contributed by atoms with van der Waals surface area (Å²) in [4.78, 5) is 10.3. The molecule has 0 saturated carbocycles. The van der Waals surface area contributed by atoms with Gasteiger partial charge in [0.1, 0.15) is 5.75 Å². The van der Waals surface area contributed by atoms with E-state index in [0.717, 1.165) is 11.3 Å². The van der Waals surface area contributed by atoms with Gasteiger partial charge in [0.25, 0.3) is 5.69 Å². The number of ether oxygens (including phenoxy) is 1. The quantitative estimate of drug-likeness (QED) is 0.668. The number of anilines is 1. The van der Waals surface area contributed by atoms with E-state index in [9.17, 15) is 10.1 Å². The Labute approximate surface area is 117 Å². The van der Waals surface area contributed by atoms with Crippen molar-refractivity contribution in [2.45, 2.75) is 13.5 Å². The van der Waals surface area contributed by atoms with Crippen LogP contribution in [-0.2, 0) is 6.54 Å². The number of hydrogen-bond donors (Lipinski definition) is 1. The van der Waals surface area contributed by atoms with Crippen molar-refractivity contribution in [3.63, 3.8) is 0 Å². The first-order valence-electron chi connectivity index (χ1n) is 6.22. The average Bonchev–Trinajstić information content (AvgIpc) is 2.45. The number of methoxy groups -OCH3 is 1. The van der Waals surface area contributed by atoms with Crippen LogP contribution in [0.2, 0.25) is 0 Å². The van der Waals surface area contributed by atoms with Gasteiger partial charge in [0.2, 0.25) is 0 Å². The molecule has 20 heavy (non-hydrogen) atoms. The highest BCUT2D eigenvalue weighted by Gasteiger charge is 2.10. The minimum Gasteiger partial charge on any atom is -0.494 e. The summed E-state index contributed by atoms with van der Waals surface area (Å²) in [6.45, 7) is 2.67. The van der Waals surface area contributed by atoms with Gasteiger partial charge >= 0.3 is 0 Å². The summed E-state index contributed by atoms with van der Waals surface area (Å²) in [5, 5.41) is 14.0. The van der Waals surface area contributed by atoms with Crippen LogP contribution in [0.3, 0.4) is 0 Å². The zero-order valence-corrected chi connectivity index (χ0v) is 11.4. The second-order valence-corrected chi connectivity index (χ2v) is 4.48. The van der Waals surface area contributed by atoms with Gasteiger partial charge in [0, 0.05) is 12.6 Å². The van der Waals surface area contributed by atoms with Crippen LogP contribution < -0.4 is 10.1 Å². The van der Waals surface area contributed by atoms with Crippen LogP contribution in [0.4, 0.5) is 11.4 Å². The summed E-state index contributed by atoms with van der Waals surface area (Å²) in [7, 11) is 1.50. The topological polar surface area (TPSA) is 64.4 Å². The lowest BCUT2D eigenvalue weighted by Gasteiger charge is -2.11. The number of rotatable bonds is 5. The van der Waals surface area contributed by atoms with E-state index in [0.29, 0.717) is 12.3 Å². The summed E-state index contributed by atoms with van der Waals surface area (Å²) in [6, 6.07) is 12.7. The van der Waals surface area contributed by atoms with Crippen LogP contribution in [0, 0.1) is 17.0 Å². The van der Waals surface area contributed by atoms with E-state index >= 15 is 0 Å². The summed E-state index contributed by atoms with van der Waals surface area (Å²) in [5.74, 6) is 0.465. The normalized spacial score (nSPS) is 10.1. The lowest BCUT2D eigenvalue weighted by Crippen LogP contribution is -2.02. The van der Waals surface area contributed by atoms with Crippen LogP contribution in [0.15, 0.2) is 42.5 Å². The SMILES string of the molecule is COc1cc([N+](=O)[O-])ccc1NCc1cccc(C)c1. The number of nitro groups is 1. The Kier molecular flexibility index (Phi) is 4.20. The highest BCUT2D eigenvalue weighted by atomic mass is 16.6. The van der Waals surface area contributed by atoms with Gasteiger partial charge in [0.15, 0.2) is 0 Å². The molecule has 0 heterocycles. The molecular weight excluding hydrogens is 256 g/mol. The molecule has 104 valence electrons. The Morgan fingerprint density at radius 3 is 2.70 bits per heavy atom. The van der Waals surface area contributed by atoms with E-state index in [2.05, 4.69) is 11.4 Å². The fourth-order valence-electron chi connectivity index (χ4n) is 1.96. The Morgan fingerprint density at radius 1 is 1.25 bits per heavy atom. The van der Waals surface area contributed by atoms with Gasteiger partial charge in [-0.05, 0) is 18.6 Å². The number of nitrogens with zero attached hydrogens (tertiary/aromatic N) is 1. The monoisotopic (exact) mass is 272 g/mol. The summed E-state index contributed by atoms with van der Waals surface area (Å²) in [5.41, 5.74) is 3.09. The van der Waals surface area contributed by atoms with E-state index in [1.165, 1.54) is 24.8 Å². The molecule has 5 heteroatoms. The molecule has 0 aliphatic rings. The van der Waals surface area contributed by atoms with E-state index in [-0.39, 0.29) is 5.69 Å². The van der Waals surface area contributed by atoms with Gasteiger partial charge < -0.3 is 10.1 Å². The molecule has 0 aliphatic carbocycles. The number of non-ortho nitro benzene ring substituents is 1. The fourth-order valence-corrected chi connectivity index (χ4v) is 1.96. The van der Waals surface area contributed by atoms with E-state index < -0.39 is 4.92 Å². The Balaban J connectivity index is 2.15. The van der Waals surface area contributed by atoms with Gasteiger partial charge in [-0.3, -0.25) is 10.1 Å². The maximum Gasteiger partial charge on any atom is 0.273 e. The molecule has 2 aromatic rings. The van der Waals surface area contributed by atoms with Crippen molar-refractivity contribution in [1.82, 2.24) is 0 Å². The molecule has 0 saturated heterocycles. The molecule has 0 bridgehead atoms. The number of nitrogens with one attached hydrogen (secondary N) is 1. The van der Waals surface area contributed by atoms with Crippen LogP contribution in [0.25, 0.3) is 0 Å². The molecule has 0 fully saturated rings. The third-order valence-corrected chi connectivity index (χ3v) is 2.96. The van der Waals surface area contributed by atoms with Crippen molar-refractivity contribution in [1.29, 1.82) is 0 Å². The molecule has 1 N–H and O–H groups in total. The molecule has 0 radical (unpaired) electrons. The highest BCUT2D eigenvalue weighted by Crippen LogP contribution is 2.29. The zero-order valence-electron chi connectivity index (χ0n) is 11.4. The predicted molar refractivity (Wildman–Crippen MR) is 78.2 cm³/mol. The van der Waals surface area contributed by atoms with Gasteiger partial charge in [0.05, 0.1) is 23.8 Å². The average molecular weight is 272 g/mol. The Hall–Kier alpha value is -2.56. The zero-order chi connectivity index (χ0) is 14.5. The van der Waals surface area contributed by atoms with Crippen molar-refractivity contribution >= 4 is 11.4 Å². The largest absolute Gasteiger partial charge is 0.494 e. The van der Waals surface area contributed by atoms with Crippen molar-refractivity contribution in [3.05, 3.63) is 63.7 Å². The number of hydrogen-bond acceptors (Lipinski definition) is 4. The van der Waals surface area contributed by atoms with Gasteiger partial charge in [-0.1, -0.05) is 29.8 Å². The van der Waals surface area contributed by atoms with Crippen LogP contribution in [0.1, 0.15) is 11.1 Å². The molecule has 0 unspecified atom stereocenters. The molecule has 0 amide bonds. The van der Waals surface area contributed by atoms with Crippen molar-refractivity contribution in [2.75, 3.05) is 12.4 Å². The second kappa shape index (κ2) is 6.06. The third kappa shape index (κ3) is 3.26. The van der Waals surface area contributed by atoms with Crippen molar-refractivity contribution in [3.8, 4) is 5.75 Å². The Bertz CT molecular complexity index is 626. The van der Waals surface area contributed by atoms with Crippen LogP contribution in [-0.4, -0.2) is 12.0 Å². The standard InChI is InChI=1S/C15H16N2O3/c1-11-4-3-5-12(8-11)10-16-14-7-6-13(17(18)19)9-15(14)20-2/h3-9,16H,10H2,1-2H3. The second-order valence-electron chi connectivity index (χ2n) is 4.48. The number of aryl methyl sites for hydroxylation is 1. The van der Waals surface area contributed by atoms with E-state index in [1.807, 2.05) is 25.1 Å². The maximum atomic E-state index is 10.7. The lowest BCUT2D eigenvalue weighted by atomic mass is 10.1. The minimum absolute atomic E-state index is 0.0166. The fraction of sp³-hybridized carbons (Fsp3) is 0.200. The first-order valence-corrected chi connectivity index (χ1v) is 6.22. The molecule has 2 rings (SSSR count). The number of nitro benzene ring substituents is 1.